The molecule has 0 fully saturated rings. The Labute approximate surface area is 196 Å². The Morgan fingerprint density at radius 2 is 0.774 bits per heavy atom. The van der Waals surface area contributed by atoms with Crippen molar-refractivity contribution in [3.8, 4) is 0 Å². The molecule has 3 nitrogen and oxygen atoms in total. The third-order valence-electron chi connectivity index (χ3n) is 6.65. The van der Waals surface area contributed by atoms with Gasteiger partial charge in [0.25, 0.3) is 0 Å². The SMILES string of the molecule is CCCCCCCCCCCC(O)CN(CC(O)CCCCCCCCCC)C(C)C. The van der Waals surface area contributed by atoms with Crippen LogP contribution >= 0.6 is 0 Å². The van der Waals surface area contributed by atoms with E-state index < -0.39 is 0 Å². The number of nitrogens with zero attached hydrogens (tertiary/aromatic N) is 1. The van der Waals surface area contributed by atoms with Gasteiger partial charge in [-0.25, -0.2) is 0 Å². The van der Waals surface area contributed by atoms with Gasteiger partial charge in [-0.3, -0.25) is 4.90 Å². The van der Waals surface area contributed by atoms with Gasteiger partial charge in [-0.1, -0.05) is 123 Å². The first kappa shape index (κ1) is 30.9. The Hall–Kier alpha value is -0.120. The van der Waals surface area contributed by atoms with Crippen LogP contribution in [0.4, 0.5) is 0 Å². The minimum Gasteiger partial charge on any atom is -0.392 e. The Morgan fingerprint density at radius 1 is 0.484 bits per heavy atom. The first-order valence-electron chi connectivity index (χ1n) is 14.1. The van der Waals surface area contributed by atoms with Gasteiger partial charge in [-0.2, -0.15) is 0 Å². The Kier molecular flexibility index (Phi) is 23.0. The number of aliphatic hydroxyl groups excluding tert-OH is 2. The van der Waals surface area contributed by atoms with Crippen molar-refractivity contribution in [1.29, 1.82) is 0 Å². The van der Waals surface area contributed by atoms with E-state index >= 15 is 0 Å². The first-order valence-corrected chi connectivity index (χ1v) is 14.1. The molecule has 0 heterocycles. The second-order valence-corrected chi connectivity index (χ2v) is 10.2. The van der Waals surface area contributed by atoms with Gasteiger partial charge >= 0.3 is 0 Å². The fourth-order valence-electron chi connectivity index (χ4n) is 4.42. The van der Waals surface area contributed by atoms with E-state index in [4.69, 9.17) is 0 Å². The number of hydrogen-bond donors (Lipinski definition) is 2. The largest absolute Gasteiger partial charge is 0.392 e. The number of hydrogen-bond acceptors (Lipinski definition) is 3. The fourth-order valence-corrected chi connectivity index (χ4v) is 4.42. The lowest BCUT2D eigenvalue weighted by atomic mass is 10.0. The van der Waals surface area contributed by atoms with Crippen LogP contribution in [0.2, 0.25) is 0 Å². The van der Waals surface area contributed by atoms with Crippen LogP contribution in [0.15, 0.2) is 0 Å². The van der Waals surface area contributed by atoms with Crippen LogP contribution in [-0.4, -0.2) is 46.5 Å². The van der Waals surface area contributed by atoms with E-state index in [1.54, 1.807) is 0 Å². The monoisotopic (exact) mass is 441 g/mol. The molecule has 2 unspecified atom stereocenters. The summed E-state index contributed by atoms with van der Waals surface area (Å²) in [5.41, 5.74) is 0. The van der Waals surface area contributed by atoms with Crippen molar-refractivity contribution < 1.29 is 10.2 Å². The van der Waals surface area contributed by atoms with E-state index in [0.29, 0.717) is 19.1 Å². The highest BCUT2D eigenvalue weighted by Crippen LogP contribution is 2.14. The van der Waals surface area contributed by atoms with Crippen LogP contribution in [0, 0.1) is 0 Å². The molecule has 2 N–H and O–H groups in total. The van der Waals surface area contributed by atoms with Crippen LogP contribution < -0.4 is 0 Å². The lowest BCUT2D eigenvalue weighted by Gasteiger charge is -2.30. The van der Waals surface area contributed by atoms with Crippen LogP contribution in [0.25, 0.3) is 0 Å². The first-order chi connectivity index (χ1) is 15.0. The smallest absolute Gasteiger partial charge is 0.0667 e. The summed E-state index contributed by atoms with van der Waals surface area (Å²) in [6, 6.07) is 0.367. The third kappa shape index (κ3) is 21.5. The summed E-state index contributed by atoms with van der Waals surface area (Å²) in [6.45, 7) is 10.3. The van der Waals surface area contributed by atoms with Gasteiger partial charge in [0, 0.05) is 19.1 Å². The third-order valence-corrected chi connectivity index (χ3v) is 6.65. The van der Waals surface area contributed by atoms with Crippen LogP contribution in [0.5, 0.6) is 0 Å². The van der Waals surface area contributed by atoms with Crippen molar-refractivity contribution in [2.24, 2.45) is 0 Å². The van der Waals surface area contributed by atoms with E-state index in [1.807, 2.05) is 0 Å². The molecule has 0 aromatic carbocycles. The van der Waals surface area contributed by atoms with Crippen molar-refractivity contribution >= 4 is 0 Å². The average molecular weight is 442 g/mol. The molecule has 0 aliphatic heterocycles. The molecule has 0 amide bonds. The molecule has 0 rings (SSSR count). The summed E-state index contributed by atoms with van der Waals surface area (Å²) < 4.78 is 0. The molecule has 0 aromatic rings. The molecule has 0 bridgehead atoms. The Balaban J connectivity index is 3.78. The number of aliphatic hydroxyl groups is 2. The molecule has 0 saturated heterocycles. The molecule has 0 saturated carbocycles. The summed E-state index contributed by atoms with van der Waals surface area (Å²) in [7, 11) is 0. The Morgan fingerprint density at radius 3 is 1.06 bits per heavy atom. The van der Waals surface area contributed by atoms with E-state index in [1.165, 1.54) is 96.3 Å². The van der Waals surface area contributed by atoms with Gasteiger partial charge in [-0.05, 0) is 26.7 Å². The molecule has 0 aliphatic rings. The number of rotatable bonds is 24. The second kappa shape index (κ2) is 23.1. The second-order valence-electron chi connectivity index (χ2n) is 10.2. The molecular formula is C28H59NO2. The average Bonchev–Trinajstić information content (AvgIpc) is 2.74. The predicted octanol–water partition coefficient (Wildman–Crippen LogP) is 7.87. The normalized spacial score (nSPS) is 13.9. The molecule has 0 aromatic heterocycles. The Bertz CT molecular complexity index is 348. The highest BCUT2D eigenvalue weighted by molar-refractivity contribution is 4.72. The summed E-state index contributed by atoms with van der Waals surface area (Å²) in [4.78, 5) is 2.27. The molecule has 0 radical (unpaired) electrons. The lowest BCUT2D eigenvalue weighted by Crippen LogP contribution is -2.42. The minimum absolute atomic E-state index is 0.262. The standard InChI is InChI=1S/C28H59NO2/c1-5-7-9-11-13-15-17-19-21-23-28(31)25-29(26(3)4)24-27(30)22-20-18-16-14-12-10-8-6-2/h26-28,30-31H,5-25H2,1-4H3. The van der Waals surface area contributed by atoms with Crippen molar-refractivity contribution in [1.82, 2.24) is 4.90 Å². The van der Waals surface area contributed by atoms with Gasteiger partial charge in [0.05, 0.1) is 12.2 Å². The molecule has 0 aliphatic carbocycles. The maximum absolute atomic E-state index is 10.5. The minimum atomic E-state index is -0.262. The maximum Gasteiger partial charge on any atom is 0.0667 e. The molecule has 3 heteroatoms. The zero-order chi connectivity index (χ0) is 23.2. The topological polar surface area (TPSA) is 43.7 Å². The molecular weight excluding hydrogens is 382 g/mol. The zero-order valence-corrected chi connectivity index (χ0v) is 21.9. The van der Waals surface area contributed by atoms with Gasteiger partial charge in [-0.15, -0.1) is 0 Å². The highest BCUT2D eigenvalue weighted by Gasteiger charge is 2.18. The van der Waals surface area contributed by atoms with E-state index in [2.05, 4.69) is 32.6 Å². The summed E-state index contributed by atoms with van der Waals surface area (Å²) in [5.74, 6) is 0. The predicted molar refractivity (Wildman–Crippen MR) is 138 cm³/mol. The summed E-state index contributed by atoms with van der Waals surface area (Å²) >= 11 is 0. The van der Waals surface area contributed by atoms with Crippen molar-refractivity contribution in [3.05, 3.63) is 0 Å². The van der Waals surface area contributed by atoms with E-state index in [0.717, 1.165) is 25.7 Å². The lowest BCUT2D eigenvalue weighted by molar-refractivity contribution is 0.0452. The molecule has 0 spiro atoms. The van der Waals surface area contributed by atoms with Gasteiger partial charge in [0.1, 0.15) is 0 Å². The van der Waals surface area contributed by atoms with Crippen LogP contribution in [0.1, 0.15) is 150 Å². The highest BCUT2D eigenvalue weighted by atomic mass is 16.3. The van der Waals surface area contributed by atoms with Crippen LogP contribution in [-0.2, 0) is 0 Å². The summed E-state index contributed by atoms with van der Waals surface area (Å²) in [5, 5.41) is 21.0. The molecule has 188 valence electrons. The van der Waals surface area contributed by atoms with E-state index in [9.17, 15) is 10.2 Å². The van der Waals surface area contributed by atoms with Crippen molar-refractivity contribution in [3.63, 3.8) is 0 Å². The zero-order valence-electron chi connectivity index (χ0n) is 21.9. The van der Waals surface area contributed by atoms with E-state index in [-0.39, 0.29) is 12.2 Å². The number of unbranched alkanes of at least 4 members (excludes halogenated alkanes) is 15. The van der Waals surface area contributed by atoms with Gasteiger partial charge in [0.2, 0.25) is 0 Å². The fraction of sp³-hybridized carbons (Fsp3) is 1.00. The summed E-state index contributed by atoms with van der Waals surface area (Å²) in [6.07, 6.45) is 23.6. The van der Waals surface area contributed by atoms with Crippen molar-refractivity contribution in [2.45, 2.75) is 168 Å². The van der Waals surface area contributed by atoms with Crippen molar-refractivity contribution in [2.75, 3.05) is 13.1 Å². The molecule has 2 atom stereocenters. The van der Waals surface area contributed by atoms with Gasteiger partial charge < -0.3 is 10.2 Å². The van der Waals surface area contributed by atoms with Crippen LogP contribution in [0.3, 0.4) is 0 Å². The molecule has 31 heavy (non-hydrogen) atoms. The maximum atomic E-state index is 10.5. The quantitative estimate of drug-likeness (QED) is 0.150. The van der Waals surface area contributed by atoms with Gasteiger partial charge in [0.15, 0.2) is 0 Å².